The predicted molar refractivity (Wildman–Crippen MR) is 134 cm³/mol. The van der Waals surface area contributed by atoms with Crippen molar-refractivity contribution in [3.63, 3.8) is 0 Å². The van der Waals surface area contributed by atoms with Crippen LogP contribution < -0.4 is 0 Å². The van der Waals surface area contributed by atoms with Crippen LogP contribution in [0.15, 0.2) is 90.5 Å². The van der Waals surface area contributed by atoms with E-state index in [2.05, 4.69) is 41.3 Å². The lowest BCUT2D eigenvalue weighted by atomic mass is 9.88. The van der Waals surface area contributed by atoms with Gasteiger partial charge in [0, 0.05) is 30.7 Å². The van der Waals surface area contributed by atoms with Gasteiger partial charge in [0.1, 0.15) is 6.07 Å². The lowest BCUT2D eigenvalue weighted by Gasteiger charge is -2.30. The van der Waals surface area contributed by atoms with Gasteiger partial charge in [-0.2, -0.15) is 5.26 Å². The first-order valence-electron chi connectivity index (χ1n) is 10.6. The van der Waals surface area contributed by atoms with E-state index >= 15 is 0 Å². The lowest BCUT2D eigenvalue weighted by Crippen LogP contribution is -2.22. The maximum absolute atomic E-state index is 9.76. The Labute approximate surface area is 191 Å². The van der Waals surface area contributed by atoms with Crippen LogP contribution in [0.3, 0.4) is 0 Å². The Morgan fingerprint density at radius 3 is 2.72 bits per heavy atom. The molecule has 1 aromatic heterocycles. The van der Waals surface area contributed by atoms with Gasteiger partial charge in [0.2, 0.25) is 0 Å². The molecule has 0 bridgehead atoms. The van der Waals surface area contributed by atoms with Crippen LogP contribution in [0.4, 0.5) is 0 Å². The number of aryl methyl sites for hydroxylation is 2. The molecule has 0 spiro atoms. The summed E-state index contributed by atoms with van der Waals surface area (Å²) in [5.74, 6) is 0. The van der Waals surface area contributed by atoms with Crippen LogP contribution in [-0.2, 0) is 6.42 Å². The molecule has 0 unspecified atom stereocenters. The first-order chi connectivity index (χ1) is 15.5. The Kier molecular flexibility index (Phi) is 7.36. The molecule has 4 heteroatoms. The highest BCUT2D eigenvalue weighted by Crippen LogP contribution is 2.36. The number of allylic oxidation sites excluding steroid dienone is 7. The summed E-state index contributed by atoms with van der Waals surface area (Å²) >= 11 is 0. The van der Waals surface area contributed by atoms with Crippen LogP contribution in [0.1, 0.15) is 41.3 Å². The van der Waals surface area contributed by atoms with Gasteiger partial charge >= 0.3 is 0 Å². The molecule has 0 amide bonds. The Morgan fingerprint density at radius 2 is 2.03 bits per heavy atom. The summed E-state index contributed by atoms with van der Waals surface area (Å²) in [4.78, 5) is 11.1. The number of nitriles is 1. The molecule has 1 aliphatic carbocycles. The maximum atomic E-state index is 9.76. The molecule has 1 aliphatic rings. The van der Waals surface area contributed by atoms with E-state index in [1.54, 1.807) is 6.21 Å². The molecule has 160 valence electrons. The Balaban J connectivity index is 2.26. The van der Waals surface area contributed by atoms with E-state index < -0.39 is 0 Å². The fourth-order valence-electron chi connectivity index (χ4n) is 4.01. The van der Waals surface area contributed by atoms with Crippen LogP contribution in [0.2, 0.25) is 0 Å². The lowest BCUT2D eigenvalue weighted by molar-refractivity contribution is 0.516. The quantitative estimate of drug-likeness (QED) is 0.394. The van der Waals surface area contributed by atoms with Crippen molar-refractivity contribution in [2.75, 3.05) is 7.05 Å². The van der Waals surface area contributed by atoms with Crippen molar-refractivity contribution in [3.8, 4) is 6.07 Å². The highest BCUT2D eigenvalue weighted by Gasteiger charge is 2.23. The standard InChI is InChI=1S/C28H28N4/c1-6-21(24-13-9-11-20(4)26(24)18-29)17-25-27(32(5)23(7-2)19-30-8-3)15-14-22-12-10-16-31-28(22)25/h6-13,16-17,19H,1,3,14-15H2,2,4-5H3/b21-17+,23-7+,30-19-. The number of hydrogen-bond acceptors (Lipinski definition) is 4. The molecule has 3 rings (SSSR count). The largest absolute Gasteiger partial charge is 0.347 e. The minimum Gasteiger partial charge on any atom is -0.347 e. The third-order valence-corrected chi connectivity index (χ3v) is 5.70. The first-order valence-corrected chi connectivity index (χ1v) is 10.6. The normalized spacial score (nSPS) is 14.2. The van der Waals surface area contributed by atoms with Crippen molar-refractivity contribution in [1.29, 1.82) is 5.26 Å². The van der Waals surface area contributed by atoms with Crippen LogP contribution in [0.5, 0.6) is 0 Å². The maximum Gasteiger partial charge on any atom is 0.100 e. The van der Waals surface area contributed by atoms with Crippen molar-refractivity contribution in [2.45, 2.75) is 26.7 Å². The third-order valence-electron chi connectivity index (χ3n) is 5.70. The number of hydrogen-bond donors (Lipinski definition) is 0. The zero-order chi connectivity index (χ0) is 23.1. The van der Waals surface area contributed by atoms with E-state index in [1.165, 1.54) is 11.8 Å². The van der Waals surface area contributed by atoms with Gasteiger partial charge in [-0.1, -0.05) is 49.6 Å². The Morgan fingerprint density at radius 1 is 1.22 bits per heavy atom. The number of pyridine rings is 1. The zero-order valence-electron chi connectivity index (χ0n) is 19.0. The predicted octanol–water partition coefficient (Wildman–Crippen LogP) is 6.24. The molecular weight excluding hydrogens is 392 g/mol. The van der Waals surface area contributed by atoms with Crippen molar-refractivity contribution < 1.29 is 0 Å². The van der Waals surface area contributed by atoms with Crippen molar-refractivity contribution in [1.82, 2.24) is 9.88 Å². The zero-order valence-corrected chi connectivity index (χ0v) is 19.0. The minimum atomic E-state index is 0.665. The summed E-state index contributed by atoms with van der Waals surface area (Å²) < 4.78 is 0. The topological polar surface area (TPSA) is 52.3 Å². The highest BCUT2D eigenvalue weighted by molar-refractivity contribution is 5.91. The Bertz CT molecular complexity index is 1200. The number of nitrogens with zero attached hydrogens (tertiary/aromatic N) is 4. The van der Waals surface area contributed by atoms with E-state index in [1.807, 2.05) is 63.5 Å². The molecule has 2 aromatic rings. The molecule has 0 radical (unpaired) electrons. The summed E-state index contributed by atoms with van der Waals surface area (Å²) in [6.07, 6.45) is 12.9. The first kappa shape index (κ1) is 22.7. The fourth-order valence-corrected chi connectivity index (χ4v) is 4.01. The van der Waals surface area contributed by atoms with E-state index in [-0.39, 0.29) is 0 Å². The number of benzene rings is 1. The van der Waals surface area contributed by atoms with Crippen molar-refractivity contribution in [3.05, 3.63) is 113 Å². The molecule has 0 fully saturated rings. The molecule has 0 saturated heterocycles. The summed E-state index contributed by atoms with van der Waals surface area (Å²) in [6.45, 7) is 11.7. The van der Waals surface area contributed by atoms with Gasteiger partial charge < -0.3 is 4.90 Å². The second-order valence-electron chi connectivity index (χ2n) is 7.52. The monoisotopic (exact) mass is 420 g/mol. The van der Waals surface area contributed by atoms with Crippen molar-refractivity contribution in [2.24, 2.45) is 4.99 Å². The van der Waals surface area contributed by atoms with Crippen LogP contribution in [-0.4, -0.2) is 23.1 Å². The molecule has 0 aliphatic heterocycles. The molecule has 0 atom stereocenters. The second-order valence-corrected chi connectivity index (χ2v) is 7.52. The van der Waals surface area contributed by atoms with Gasteiger partial charge in [-0.05, 0) is 61.1 Å². The van der Waals surface area contributed by atoms with Crippen molar-refractivity contribution >= 4 is 17.4 Å². The van der Waals surface area contributed by atoms with Gasteiger partial charge in [-0.3, -0.25) is 9.98 Å². The average Bonchev–Trinajstić information content (AvgIpc) is 2.82. The van der Waals surface area contributed by atoms with E-state index in [0.29, 0.717) is 5.56 Å². The summed E-state index contributed by atoms with van der Waals surface area (Å²) in [5.41, 5.74) is 8.70. The minimum absolute atomic E-state index is 0.665. The molecular formula is C28H28N4. The summed E-state index contributed by atoms with van der Waals surface area (Å²) in [6, 6.07) is 12.4. The number of aliphatic imine (C=N–C) groups is 1. The van der Waals surface area contributed by atoms with Gasteiger partial charge in [-0.25, -0.2) is 0 Å². The fraction of sp³-hybridized carbons (Fsp3) is 0.179. The summed E-state index contributed by atoms with van der Waals surface area (Å²) in [5, 5.41) is 9.76. The second kappa shape index (κ2) is 10.4. The third kappa shape index (κ3) is 4.53. The van der Waals surface area contributed by atoms with E-state index in [0.717, 1.165) is 52.2 Å². The smallest absolute Gasteiger partial charge is 0.100 e. The van der Waals surface area contributed by atoms with E-state index in [9.17, 15) is 5.26 Å². The summed E-state index contributed by atoms with van der Waals surface area (Å²) in [7, 11) is 2.04. The molecule has 1 aromatic carbocycles. The van der Waals surface area contributed by atoms with Crippen LogP contribution >= 0.6 is 0 Å². The van der Waals surface area contributed by atoms with E-state index in [4.69, 9.17) is 4.98 Å². The van der Waals surface area contributed by atoms with Gasteiger partial charge in [0.05, 0.1) is 23.2 Å². The molecule has 4 nitrogen and oxygen atoms in total. The van der Waals surface area contributed by atoms with Gasteiger partial charge in [-0.15, -0.1) is 0 Å². The highest BCUT2D eigenvalue weighted by atomic mass is 15.1. The number of rotatable bonds is 7. The molecule has 1 heterocycles. The van der Waals surface area contributed by atoms with Crippen LogP contribution in [0, 0.1) is 18.3 Å². The number of aromatic nitrogens is 1. The SMILES string of the molecule is C=C/N=C\C(=C/C)N(C)C1=C(/C=C(\C=C)c2cccc(C)c2C#N)c2ncccc2CC1. The number of fused-ring (bicyclic) bond motifs is 1. The van der Waals surface area contributed by atoms with Gasteiger partial charge in [0.15, 0.2) is 0 Å². The Hall–Kier alpha value is -3.97. The average molecular weight is 421 g/mol. The van der Waals surface area contributed by atoms with Gasteiger partial charge in [0.25, 0.3) is 0 Å². The van der Waals surface area contributed by atoms with Crippen LogP contribution in [0.25, 0.3) is 11.1 Å². The molecule has 0 saturated carbocycles. The molecule has 0 N–H and O–H groups in total. The molecule has 32 heavy (non-hydrogen) atoms.